The van der Waals surface area contributed by atoms with Gasteiger partial charge in [-0.05, 0) is 56.1 Å². The number of hydrogen-bond acceptors (Lipinski definition) is 10. The maximum atomic E-state index is 13.4. The van der Waals surface area contributed by atoms with Crippen LogP contribution in [0.15, 0.2) is 53.6 Å². The Hall–Kier alpha value is -3.05. The number of hydrogen-bond donors (Lipinski definition) is 3. The molecule has 2 bridgehead atoms. The van der Waals surface area contributed by atoms with Crippen LogP contribution in [0.4, 0.5) is 0 Å². The highest BCUT2D eigenvalue weighted by Crippen LogP contribution is 2.61. The smallest absolute Gasteiger partial charge is 0.308 e. The molecule has 0 saturated heterocycles. The van der Waals surface area contributed by atoms with Crippen molar-refractivity contribution in [3.8, 4) is 0 Å². The first-order chi connectivity index (χ1) is 20.9. The van der Waals surface area contributed by atoms with Crippen LogP contribution in [0.3, 0.4) is 0 Å². The summed E-state index contributed by atoms with van der Waals surface area (Å²) in [5.74, 6) is -2.64. The van der Waals surface area contributed by atoms with Crippen LogP contribution in [0.5, 0.6) is 0 Å². The fourth-order valence-corrected chi connectivity index (χ4v) is 8.15. The lowest BCUT2D eigenvalue weighted by Crippen LogP contribution is -2.70. The summed E-state index contributed by atoms with van der Waals surface area (Å²) in [5, 5.41) is 36.9. The number of aliphatic hydroxyl groups excluding tert-OH is 2. The van der Waals surface area contributed by atoms with Crippen LogP contribution < -0.4 is 0 Å². The second-order valence-electron chi connectivity index (χ2n) is 14.0. The number of rotatable bonds is 7. The van der Waals surface area contributed by atoms with E-state index in [-0.39, 0.29) is 25.3 Å². The molecule has 10 nitrogen and oxygen atoms in total. The van der Waals surface area contributed by atoms with Gasteiger partial charge in [-0.2, -0.15) is 0 Å². The molecule has 2 fully saturated rings. The van der Waals surface area contributed by atoms with E-state index >= 15 is 0 Å². The van der Waals surface area contributed by atoms with Crippen LogP contribution in [0.1, 0.15) is 78.8 Å². The maximum Gasteiger partial charge on any atom is 0.308 e. The highest BCUT2D eigenvalue weighted by molar-refractivity contribution is 5.71. The summed E-state index contributed by atoms with van der Waals surface area (Å²) >= 11 is 0. The van der Waals surface area contributed by atoms with Gasteiger partial charge < -0.3 is 34.4 Å². The molecule has 4 rings (SSSR count). The molecule has 45 heavy (non-hydrogen) atoms. The molecule has 3 aliphatic carbocycles. The fourth-order valence-electron chi connectivity index (χ4n) is 8.15. The zero-order valence-electron chi connectivity index (χ0n) is 27.7. The average Bonchev–Trinajstić information content (AvgIpc) is 2.94. The number of nitrogens with zero attached hydrogens (tertiary/aromatic N) is 1. The number of carbonyl (C=O) groups excluding carboxylic acids is 3. The van der Waals surface area contributed by atoms with Crippen molar-refractivity contribution >= 4 is 17.9 Å². The summed E-state index contributed by atoms with van der Waals surface area (Å²) in [6.45, 7) is 13.7. The average molecular weight is 628 g/mol. The molecule has 3 aliphatic rings. The van der Waals surface area contributed by atoms with Crippen molar-refractivity contribution < 1.29 is 43.9 Å². The summed E-state index contributed by atoms with van der Waals surface area (Å²) < 4.78 is 17.4. The molecule has 248 valence electrons. The largest absolute Gasteiger partial charge is 0.458 e. The number of carbonyl (C=O) groups is 3. The van der Waals surface area contributed by atoms with Crippen molar-refractivity contribution in [3.63, 3.8) is 0 Å². The van der Waals surface area contributed by atoms with Crippen LogP contribution in [0, 0.1) is 16.7 Å². The molecular weight excluding hydrogens is 578 g/mol. The molecule has 0 radical (unpaired) electrons. The molecule has 2 saturated carbocycles. The topological polar surface area (TPSA) is 143 Å². The predicted molar refractivity (Wildman–Crippen MR) is 167 cm³/mol. The van der Waals surface area contributed by atoms with E-state index in [1.54, 1.807) is 27.7 Å². The molecule has 0 aromatic heterocycles. The van der Waals surface area contributed by atoms with Gasteiger partial charge in [-0.15, -0.1) is 0 Å². The number of ether oxygens (including phenoxy) is 3. The molecule has 0 spiro atoms. The Kier molecular flexibility index (Phi) is 9.77. The van der Waals surface area contributed by atoms with Crippen molar-refractivity contribution in [1.82, 2.24) is 4.90 Å². The van der Waals surface area contributed by atoms with E-state index in [0.717, 1.165) is 5.56 Å². The lowest BCUT2D eigenvalue weighted by molar-refractivity contribution is -0.230. The normalized spacial score (nSPS) is 35.1. The summed E-state index contributed by atoms with van der Waals surface area (Å²) in [6.07, 6.45) is -5.26. The van der Waals surface area contributed by atoms with E-state index in [1.807, 2.05) is 49.3 Å². The van der Waals surface area contributed by atoms with Gasteiger partial charge in [0.15, 0.2) is 6.10 Å². The summed E-state index contributed by atoms with van der Waals surface area (Å²) in [4.78, 5) is 39.9. The van der Waals surface area contributed by atoms with E-state index in [4.69, 9.17) is 14.2 Å². The van der Waals surface area contributed by atoms with Gasteiger partial charge in [0.1, 0.15) is 23.9 Å². The van der Waals surface area contributed by atoms with Gasteiger partial charge in [0.2, 0.25) is 0 Å². The lowest BCUT2D eigenvalue weighted by Gasteiger charge is -2.62. The number of esters is 3. The molecule has 1 aromatic carbocycles. The monoisotopic (exact) mass is 627 g/mol. The molecule has 10 heteroatoms. The highest BCUT2D eigenvalue weighted by atomic mass is 16.6. The molecule has 0 heterocycles. The third kappa shape index (κ3) is 6.10. The van der Waals surface area contributed by atoms with E-state index in [0.29, 0.717) is 23.1 Å². The van der Waals surface area contributed by atoms with E-state index < -0.39 is 70.8 Å². The van der Waals surface area contributed by atoms with Crippen LogP contribution in [-0.2, 0) is 28.6 Å². The molecule has 3 N–H and O–H groups in total. The Labute approximate surface area is 266 Å². The van der Waals surface area contributed by atoms with Crippen LogP contribution >= 0.6 is 0 Å². The van der Waals surface area contributed by atoms with Gasteiger partial charge in [0.05, 0.1) is 12.5 Å². The van der Waals surface area contributed by atoms with Crippen molar-refractivity contribution in [1.29, 1.82) is 0 Å². The summed E-state index contributed by atoms with van der Waals surface area (Å²) in [5.41, 5.74) is -2.02. The maximum absolute atomic E-state index is 13.4. The minimum atomic E-state index is -1.91. The molecule has 0 unspecified atom stereocenters. The van der Waals surface area contributed by atoms with Crippen LogP contribution in [-0.4, -0.2) is 88.3 Å². The third-order valence-electron chi connectivity index (χ3n) is 10.7. The quantitative estimate of drug-likeness (QED) is 0.233. The zero-order valence-corrected chi connectivity index (χ0v) is 27.7. The van der Waals surface area contributed by atoms with Gasteiger partial charge in [-0.3, -0.25) is 14.4 Å². The first kappa shape index (κ1) is 34.8. The summed E-state index contributed by atoms with van der Waals surface area (Å²) in [6, 6.07) is 9.42. The Morgan fingerprint density at radius 3 is 2.13 bits per heavy atom. The Bertz CT molecular complexity index is 1350. The first-order valence-corrected chi connectivity index (χ1v) is 15.6. The van der Waals surface area contributed by atoms with Gasteiger partial charge in [0.25, 0.3) is 0 Å². The molecule has 9 atom stereocenters. The molecular formula is C35H49NO9. The van der Waals surface area contributed by atoms with E-state index in [2.05, 4.69) is 6.58 Å². The van der Waals surface area contributed by atoms with Crippen molar-refractivity contribution in [2.75, 3.05) is 14.1 Å². The molecule has 0 amide bonds. The summed E-state index contributed by atoms with van der Waals surface area (Å²) in [7, 11) is 3.78. The minimum absolute atomic E-state index is 0.0803. The van der Waals surface area contributed by atoms with Crippen molar-refractivity contribution in [3.05, 3.63) is 59.2 Å². The van der Waals surface area contributed by atoms with Crippen molar-refractivity contribution in [2.45, 2.75) is 109 Å². The van der Waals surface area contributed by atoms with Gasteiger partial charge in [-0.1, -0.05) is 57.7 Å². The van der Waals surface area contributed by atoms with Gasteiger partial charge in [0, 0.05) is 43.1 Å². The standard InChI is InChI=1S/C35H49NO9/c1-19-25(45-27(39)17-24(36(8)9)23-13-11-10-12-14-23)15-16-34(7)29(19)31(40)35(42)18-26(43-21(3)37)20(2)28(33(35,5)6)30(32(34)41)44-22(4)38/h10-14,24-26,29-32,40-42H,1,15-18H2,2-9H3/t24-,25+,26+,29+,30-,31+,32+,34-,35-/m1/s1. The SMILES string of the molecule is C=C1[C@@H](OC(=O)C[C@H](c2ccccc2)N(C)C)CC[C@@]2(C)[C@@H](O)[C@H](OC(C)=O)C3=C(C)[C@@H](OC(C)=O)C[C@@](O)([C@@H](O)[C@H]12)C3(C)C. The third-order valence-corrected chi connectivity index (χ3v) is 10.7. The second-order valence-corrected chi connectivity index (χ2v) is 14.0. The van der Waals surface area contributed by atoms with Crippen LogP contribution in [0.25, 0.3) is 0 Å². The predicted octanol–water partition coefficient (Wildman–Crippen LogP) is 3.64. The number of fused-ring (bicyclic) bond motifs is 3. The lowest BCUT2D eigenvalue weighted by atomic mass is 9.47. The Morgan fingerprint density at radius 2 is 1.58 bits per heavy atom. The second kappa shape index (κ2) is 12.6. The Morgan fingerprint density at radius 1 is 0.978 bits per heavy atom. The Balaban J connectivity index is 1.75. The van der Waals surface area contributed by atoms with E-state index in [1.165, 1.54) is 13.8 Å². The molecule has 0 aliphatic heterocycles. The number of aliphatic hydroxyl groups is 3. The zero-order chi connectivity index (χ0) is 33.6. The van der Waals surface area contributed by atoms with E-state index in [9.17, 15) is 29.7 Å². The van der Waals surface area contributed by atoms with Gasteiger partial charge >= 0.3 is 17.9 Å². The van der Waals surface area contributed by atoms with Gasteiger partial charge in [-0.25, -0.2) is 0 Å². The molecule has 1 aromatic rings. The fraction of sp³-hybridized carbons (Fsp3) is 0.629. The number of benzene rings is 1. The van der Waals surface area contributed by atoms with Crippen molar-refractivity contribution in [2.24, 2.45) is 16.7 Å². The van der Waals surface area contributed by atoms with Crippen LogP contribution in [0.2, 0.25) is 0 Å². The minimum Gasteiger partial charge on any atom is -0.458 e. The highest BCUT2D eigenvalue weighted by Gasteiger charge is 2.67. The first-order valence-electron chi connectivity index (χ1n) is 15.6.